The highest BCUT2D eigenvalue weighted by Gasteiger charge is 2.49. The van der Waals surface area contributed by atoms with E-state index in [1.165, 1.54) is 0 Å². The highest BCUT2D eigenvalue weighted by atomic mass is 16.5. The second-order valence-corrected chi connectivity index (χ2v) is 5.42. The summed E-state index contributed by atoms with van der Waals surface area (Å²) in [7, 11) is 1.61. The number of carbonyl (C=O) groups is 1. The Kier molecular flexibility index (Phi) is 2.86. The first-order valence-electron chi connectivity index (χ1n) is 6.56. The van der Waals surface area contributed by atoms with Gasteiger partial charge in [-0.1, -0.05) is 12.1 Å². The van der Waals surface area contributed by atoms with Gasteiger partial charge in [0, 0.05) is 5.92 Å². The number of methoxy groups -OCH3 is 1. The van der Waals surface area contributed by atoms with E-state index in [1.807, 2.05) is 24.3 Å². The number of aliphatic hydroxyl groups is 1. The predicted molar refractivity (Wildman–Crippen MR) is 67.3 cm³/mol. The molecule has 0 aromatic heterocycles. The number of carbonyl (C=O) groups excluding carboxylic acids is 1. The Morgan fingerprint density at radius 1 is 1.39 bits per heavy atom. The summed E-state index contributed by atoms with van der Waals surface area (Å²) in [6, 6.07) is 7.39. The Bertz CT molecular complexity index is 469. The smallest absolute Gasteiger partial charge is 0.142 e. The molecule has 2 saturated carbocycles. The van der Waals surface area contributed by atoms with Crippen molar-refractivity contribution in [3.63, 3.8) is 0 Å². The number of Topliss-reactive ketones (excluding diaryl/α,β-unsaturated/α-hetero) is 1. The minimum Gasteiger partial charge on any atom is -0.497 e. The third-order valence-electron chi connectivity index (χ3n) is 4.49. The van der Waals surface area contributed by atoms with E-state index in [1.54, 1.807) is 7.11 Å². The summed E-state index contributed by atoms with van der Waals surface area (Å²) in [5, 5.41) is 10.5. The SMILES string of the molecule is COc1cccc(C(O)C2C(=O)C3CCC2C3)c1. The lowest BCUT2D eigenvalue weighted by Gasteiger charge is -2.26. The van der Waals surface area contributed by atoms with Gasteiger partial charge < -0.3 is 9.84 Å². The molecule has 0 radical (unpaired) electrons. The van der Waals surface area contributed by atoms with Crippen molar-refractivity contribution in [1.82, 2.24) is 0 Å². The van der Waals surface area contributed by atoms with Crippen LogP contribution in [-0.4, -0.2) is 18.0 Å². The number of ether oxygens (including phenoxy) is 1. The molecule has 2 fully saturated rings. The van der Waals surface area contributed by atoms with Gasteiger partial charge >= 0.3 is 0 Å². The van der Waals surface area contributed by atoms with Gasteiger partial charge in [-0.2, -0.15) is 0 Å². The van der Waals surface area contributed by atoms with E-state index in [-0.39, 0.29) is 17.6 Å². The quantitative estimate of drug-likeness (QED) is 0.890. The Hall–Kier alpha value is -1.35. The van der Waals surface area contributed by atoms with E-state index in [2.05, 4.69) is 0 Å². The zero-order chi connectivity index (χ0) is 12.7. The molecule has 2 bridgehead atoms. The number of benzene rings is 1. The maximum Gasteiger partial charge on any atom is 0.142 e. The maximum absolute atomic E-state index is 12.1. The molecule has 0 heterocycles. The second-order valence-electron chi connectivity index (χ2n) is 5.42. The van der Waals surface area contributed by atoms with E-state index in [0.29, 0.717) is 5.92 Å². The molecule has 3 heteroatoms. The van der Waals surface area contributed by atoms with Gasteiger partial charge in [0.2, 0.25) is 0 Å². The lowest BCUT2D eigenvalue weighted by Crippen LogP contribution is -2.28. The minimum atomic E-state index is -0.678. The van der Waals surface area contributed by atoms with Gasteiger partial charge in [0.25, 0.3) is 0 Å². The third-order valence-corrected chi connectivity index (χ3v) is 4.49. The average Bonchev–Trinajstić information content (AvgIpc) is 2.99. The van der Waals surface area contributed by atoms with E-state index < -0.39 is 6.10 Å². The predicted octanol–water partition coefficient (Wildman–Crippen LogP) is 2.34. The fraction of sp³-hybridized carbons (Fsp3) is 0.533. The van der Waals surface area contributed by atoms with E-state index >= 15 is 0 Å². The Labute approximate surface area is 107 Å². The molecule has 3 nitrogen and oxygen atoms in total. The van der Waals surface area contributed by atoms with Crippen LogP contribution in [0.15, 0.2) is 24.3 Å². The fourth-order valence-corrected chi connectivity index (χ4v) is 3.55. The number of aliphatic hydroxyl groups excluding tert-OH is 1. The summed E-state index contributed by atoms with van der Waals surface area (Å²) in [5.41, 5.74) is 0.792. The van der Waals surface area contributed by atoms with Crippen LogP contribution in [0.2, 0.25) is 0 Å². The molecule has 4 unspecified atom stereocenters. The molecule has 4 atom stereocenters. The zero-order valence-electron chi connectivity index (χ0n) is 10.5. The number of ketones is 1. The number of rotatable bonds is 3. The molecule has 0 spiro atoms. The van der Waals surface area contributed by atoms with E-state index in [4.69, 9.17) is 4.74 Å². The summed E-state index contributed by atoms with van der Waals surface area (Å²) < 4.78 is 5.16. The largest absolute Gasteiger partial charge is 0.497 e. The summed E-state index contributed by atoms with van der Waals surface area (Å²) in [6.45, 7) is 0. The molecule has 1 aromatic carbocycles. The van der Waals surface area contributed by atoms with Crippen LogP contribution >= 0.6 is 0 Å². The van der Waals surface area contributed by atoms with Crippen molar-refractivity contribution in [2.24, 2.45) is 17.8 Å². The van der Waals surface area contributed by atoms with Crippen molar-refractivity contribution < 1.29 is 14.6 Å². The molecule has 0 aliphatic heterocycles. The molecule has 2 aliphatic rings. The second kappa shape index (κ2) is 4.39. The van der Waals surface area contributed by atoms with E-state index in [9.17, 15) is 9.90 Å². The molecule has 1 N–H and O–H groups in total. The topological polar surface area (TPSA) is 46.5 Å². The van der Waals surface area contributed by atoms with Crippen LogP contribution in [0, 0.1) is 17.8 Å². The van der Waals surface area contributed by atoms with Crippen LogP contribution in [-0.2, 0) is 4.79 Å². The standard InChI is InChI=1S/C15H18O3/c1-18-12-4-2-3-10(8-12)14(16)13-9-5-6-11(7-9)15(13)17/h2-4,8-9,11,13-14,16H,5-7H2,1H3. The molecule has 3 rings (SSSR count). The molecule has 18 heavy (non-hydrogen) atoms. The Morgan fingerprint density at radius 3 is 2.89 bits per heavy atom. The number of hydrogen-bond donors (Lipinski definition) is 1. The zero-order valence-corrected chi connectivity index (χ0v) is 10.5. The first-order chi connectivity index (χ1) is 8.70. The number of hydrogen-bond acceptors (Lipinski definition) is 3. The molecule has 0 saturated heterocycles. The molecule has 1 aromatic rings. The van der Waals surface area contributed by atoms with Crippen molar-refractivity contribution >= 4 is 5.78 Å². The van der Waals surface area contributed by atoms with Crippen LogP contribution in [0.1, 0.15) is 30.9 Å². The van der Waals surface area contributed by atoms with Crippen LogP contribution in [0.4, 0.5) is 0 Å². The molecule has 0 amide bonds. The minimum absolute atomic E-state index is 0.198. The van der Waals surface area contributed by atoms with Crippen molar-refractivity contribution in [3.8, 4) is 5.75 Å². The van der Waals surface area contributed by atoms with Crippen LogP contribution in [0.3, 0.4) is 0 Å². The van der Waals surface area contributed by atoms with Gasteiger partial charge in [-0.3, -0.25) is 4.79 Å². The van der Waals surface area contributed by atoms with Crippen LogP contribution < -0.4 is 4.74 Å². The van der Waals surface area contributed by atoms with Gasteiger partial charge in [-0.15, -0.1) is 0 Å². The maximum atomic E-state index is 12.1. The lowest BCUT2D eigenvalue weighted by atomic mass is 9.81. The van der Waals surface area contributed by atoms with Gasteiger partial charge in [0.1, 0.15) is 11.5 Å². The first-order valence-corrected chi connectivity index (χ1v) is 6.56. The van der Waals surface area contributed by atoms with Gasteiger partial charge in [0.05, 0.1) is 19.1 Å². The molecule has 96 valence electrons. The van der Waals surface area contributed by atoms with Crippen molar-refractivity contribution in [2.45, 2.75) is 25.4 Å². The van der Waals surface area contributed by atoms with Crippen molar-refractivity contribution in [3.05, 3.63) is 29.8 Å². The highest BCUT2D eigenvalue weighted by Crippen LogP contribution is 2.50. The summed E-state index contributed by atoms with van der Waals surface area (Å²) >= 11 is 0. The van der Waals surface area contributed by atoms with Gasteiger partial charge in [-0.25, -0.2) is 0 Å². The van der Waals surface area contributed by atoms with Gasteiger partial charge in [-0.05, 0) is 42.9 Å². The average molecular weight is 246 g/mol. The van der Waals surface area contributed by atoms with Gasteiger partial charge in [0.15, 0.2) is 0 Å². The Balaban J connectivity index is 1.86. The van der Waals surface area contributed by atoms with E-state index in [0.717, 1.165) is 30.6 Å². The summed E-state index contributed by atoms with van der Waals surface area (Å²) in [5.74, 6) is 1.38. The Morgan fingerprint density at radius 2 is 2.22 bits per heavy atom. The third kappa shape index (κ3) is 1.74. The summed E-state index contributed by atoms with van der Waals surface area (Å²) in [6.07, 6.45) is 2.40. The summed E-state index contributed by atoms with van der Waals surface area (Å²) in [4.78, 5) is 12.1. The fourth-order valence-electron chi connectivity index (χ4n) is 3.55. The lowest BCUT2D eigenvalue weighted by molar-refractivity contribution is -0.129. The van der Waals surface area contributed by atoms with Crippen LogP contribution in [0.25, 0.3) is 0 Å². The normalized spacial score (nSPS) is 31.7. The molecule has 2 aliphatic carbocycles. The molecular formula is C15H18O3. The first kappa shape index (κ1) is 11.7. The molecular weight excluding hydrogens is 228 g/mol. The monoisotopic (exact) mass is 246 g/mol. The van der Waals surface area contributed by atoms with Crippen LogP contribution in [0.5, 0.6) is 5.75 Å². The number of fused-ring (bicyclic) bond motifs is 2. The van der Waals surface area contributed by atoms with Crippen molar-refractivity contribution in [1.29, 1.82) is 0 Å². The van der Waals surface area contributed by atoms with Crippen molar-refractivity contribution in [2.75, 3.05) is 7.11 Å². The highest BCUT2D eigenvalue weighted by molar-refractivity contribution is 5.87.